The van der Waals surface area contributed by atoms with Crippen molar-refractivity contribution in [3.63, 3.8) is 0 Å². The summed E-state index contributed by atoms with van der Waals surface area (Å²) in [6.45, 7) is 4.22. The first-order valence-electron chi connectivity index (χ1n) is 6.78. The Morgan fingerprint density at radius 3 is 2.86 bits per heavy atom. The third-order valence-electron chi connectivity index (χ3n) is 3.05. The fourth-order valence-corrected chi connectivity index (χ4v) is 4.27. The predicted octanol–water partition coefficient (Wildman–Crippen LogP) is 5.11. The second kappa shape index (κ2) is 8.06. The molecule has 0 aliphatic heterocycles. The summed E-state index contributed by atoms with van der Waals surface area (Å²) in [7, 11) is 0. The highest BCUT2D eigenvalue weighted by Crippen LogP contribution is 2.33. The second-order valence-corrected chi connectivity index (χ2v) is 7.33. The van der Waals surface area contributed by atoms with E-state index in [1.54, 1.807) is 29.2 Å². The lowest BCUT2D eigenvalue weighted by molar-refractivity contribution is 0.600. The predicted molar refractivity (Wildman–Crippen MR) is 94.1 cm³/mol. The number of thiazole rings is 1. The van der Waals surface area contributed by atoms with Crippen LogP contribution in [-0.4, -0.2) is 23.0 Å². The van der Waals surface area contributed by atoms with E-state index in [1.807, 2.05) is 23.0 Å². The van der Waals surface area contributed by atoms with E-state index in [9.17, 15) is 4.39 Å². The van der Waals surface area contributed by atoms with Crippen LogP contribution >= 0.6 is 35.0 Å². The Balaban J connectivity index is 2.26. The van der Waals surface area contributed by atoms with Crippen LogP contribution in [0.5, 0.6) is 0 Å². The van der Waals surface area contributed by atoms with Crippen LogP contribution in [0, 0.1) is 5.82 Å². The molecule has 6 heteroatoms. The Morgan fingerprint density at radius 1 is 1.43 bits per heavy atom. The molecule has 0 fully saturated rings. The molecule has 0 saturated carbocycles. The number of rotatable bonds is 7. The molecular formula is C15H19FN2S3. The van der Waals surface area contributed by atoms with Crippen molar-refractivity contribution in [3.05, 3.63) is 40.5 Å². The molecule has 2 aromatic rings. The number of aryl methyl sites for hydroxylation is 1. The van der Waals surface area contributed by atoms with Crippen LogP contribution in [0.2, 0.25) is 0 Å². The van der Waals surface area contributed by atoms with Gasteiger partial charge in [-0.1, -0.05) is 13.0 Å². The van der Waals surface area contributed by atoms with E-state index < -0.39 is 0 Å². The summed E-state index contributed by atoms with van der Waals surface area (Å²) in [5.74, 6) is 1.70. The lowest BCUT2D eigenvalue weighted by atomic mass is 10.2. The highest BCUT2D eigenvalue weighted by atomic mass is 32.2. The van der Waals surface area contributed by atoms with E-state index in [1.165, 1.54) is 11.9 Å². The SMILES string of the molecule is CCc1ccc(F)c(SN(c2cscn2)C(C)CSC)c1. The topological polar surface area (TPSA) is 16.1 Å². The lowest BCUT2D eigenvalue weighted by Gasteiger charge is -2.27. The van der Waals surface area contributed by atoms with Gasteiger partial charge in [0.05, 0.1) is 10.4 Å². The van der Waals surface area contributed by atoms with Crippen molar-refractivity contribution in [2.24, 2.45) is 0 Å². The molecule has 21 heavy (non-hydrogen) atoms. The zero-order valence-corrected chi connectivity index (χ0v) is 14.8. The molecule has 0 amide bonds. The maximum Gasteiger partial charge on any atom is 0.149 e. The molecule has 1 atom stereocenters. The van der Waals surface area contributed by atoms with Gasteiger partial charge in [0.1, 0.15) is 11.6 Å². The first-order chi connectivity index (χ1) is 10.2. The van der Waals surface area contributed by atoms with Crippen molar-refractivity contribution in [1.82, 2.24) is 4.98 Å². The highest BCUT2D eigenvalue weighted by molar-refractivity contribution is 8.01. The molecule has 0 N–H and O–H groups in total. The Labute approximate surface area is 138 Å². The van der Waals surface area contributed by atoms with Crippen LogP contribution in [-0.2, 0) is 6.42 Å². The molecule has 2 nitrogen and oxygen atoms in total. The van der Waals surface area contributed by atoms with Gasteiger partial charge in [0, 0.05) is 17.2 Å². The van der Waals surface area contributed by atoms with Gasteiger partial charge in [0.25, 0.3) is 0 Å². The first kappa shape index (κ1) is 16.6. The van der Waals surface area contributed by atoms with E-state index in [4.69, 9.17) is 0 Å². The molecule has 1 unspecified atom stereocenters. The summed E-state index contributed by atoms with van der Waals surface area (Å²) in [6, 6.07) is 5.61. The third-order valence-corrected chi connectivity index (χ3v) is 5.70. The molecule has 0 aliphatic rings. The standard InChI is InChI=1S/C15H19FN2S3/c1-4-12-5-6-13(16)14(7-12)21-18(11(2)8-19-3)15-9-20-10-17-15/h5-7,9-11H,4,8H2,1-3H3. The van der Waals surface area contributed by atoms with E-state index in [-0.39, 0.29) is 11.9 Å². The van der Waals surface area contributed by atoms with Gasteiger partial charge in [-0.3, -0.25) is 4.31 Å². The number of nitrogens with zero attached hydrogens (tertiary/aromatic N) is 2. The van der Waals surface area contributed by atoms with Crippen LogP contribution in [0.3, 0.4) is 0 Å². The Kier molecular flexibility index (Phi) is 6.39. The summed E-state index contributed by atoms with van der Waals surface area (Å²) in [5, 5.41) is 2.01. The minimum Gasteiger partial charge on any atom is -0.292 e. The van der Waals surface area contributed by atoms with Crippen LogP contribution in [0.15, 0.2) is 34.0 Å². The quantitative estimate of drug-likeness (QED) is 0.650. The molecule has 0 spiro atoms. The molecule has 0 aliphatic carbocycles. The van der Waals surface area contributed by atoms with Gasteiger partial charge in [0.15, 0.2) is 0 Å². The summed E-state index contributed by atoms with van der Waals surface area (Å²) >= 11 is 4.78. The van der Waals surface area contributed by atoms with E-state index in [2.05, 4.69) is 29.4 Å². The van der Waals surface area contributed by atoms with Crippen molar-refractivity contribution < 1.29 is 4.39 Å². The van der Waals surface area contributed by atoms with Crippen LogP contribution in [0.1, 0.15) is 19.4 Å². The minimum absolute atomic E-state index is 0.172. The molecule has 1 heterocycles. The Hall–Kier alpha value is -0.720. The highest BCUT2D eigenvalue weighted by Gasteiger charge is 2.19. The number of aromatic nitrogens is 1. The van der Waals surface area contributed by atoms with Gasteiger partial charge in [-0.2, -0.15) is 11.8 Å². The number of anilines is 1. The Morgan fingerprint density at radius 2 is 2.24 bits per heavy atom. The minimum atomic E-state index is -0.172. The van der Waals surface area contributed by atoms with Crippen molar-refractivity contribution in [2.75, 3.05) is 16.3 Å². The number of thioether (sulfide) groups is 1. The smallest absolute Gasteiger partial charge is 0.149 e. The molecule has 2 rings (SSSR count). The van der Waals surface area contributed by atoms with Crippen molar-refractivity contribution in [2.45, 2.75) is 31.2 Å². The molecule has 0 radical (unpaired) electrons. The fourth-order valence-electron chi connectivity index (χ4n) is 1.93. The molecule has 0 saturated heterocycles. The Bertz CT molecular complexity index is 560. The van der Waals surface area contributed by atoms with Gasteiger partial charge < -0.3 is 0 Å². The van der Waals surface area contributed by atoms with Crippen molar-refractivity contribution >= 4 is 40.9 Å². The lowest BCUT2D eigenvalue weighted by Crippen LogP contribution is -2.29. The van der Waals surface area contributed by atoms with E-state index in [0.717, 1.165) is 23.6 Å². The molecule has 114 valence electrons. The van der Waals surface area contributed by atoms with Crippen LogP contribution in [0.4, 0.5) is 10.2 Å². The summed E-state index contributed by atoms with van der Waals surface area (Å²) in [6.07, 6.45) is 2.99. The van der Waals surface area contributed by atoms with Crippen molar-refractivity contribution in [3.8, 4) is 0 Å². The average Bonchev–Trinajstić information content (AvgIpc) is 3.00. The zero-order valence-electron chi connectivity index (χ0n) is 12.4. The zero-order chi connectivity index (χ0) is 15.2. The number of halogens is 1. The van der Waals surface area contributed by atoms with Gasteiger partial charge in [-0.15, -0.1) is 11.3 Å². The molecule has 1 aromatic heterocycles. The summed E-state index contributed by atoms with van der Waals surface area (Å²) in [4.78, 5) is 5.04. The summed E-state index contributed by atoms with van der Waals surface area (Å²) in [5.41, 5.74) is 2.96. The van der Waals surface area contributed by atoms with Crippen LogP contribution in [0.25, 0.3) is 0 Å². The molecular weight excluding hydrogens is 323 g/mol. The number of benzene rings is 1. The summed E-state index contributed by atoms with van der Waals surface area (Å²) < 4.78 is 16.2. The average molecular weight is 343 g/mol. The largest absolute Gasteiger partial charge is 0.292 e. The monoisotopic (exact) mass is 342 g/mol. The number of hydrogen-bond acceptors (Lipinski definition) is 5. The second-order valence-electron chi connectivity index (χ2n) is 4.69. The fraction of sp³-hybridized carbons (Fsp3) is 0.400. The number of hydrogen-bond donors (Lipinski definition) is 0. The molecule has 0 bridgehead atoms. The van der Waals surface area contributed by atoms with Gasteiger partial charge in [0.2, 0.25) is 0 Å². The van der Waals surface area contributed by atoms with Crippen molar-refractivity contribution in [1.29, 1.82) is 0 Å². The third kappa shape index (κ3) is 4.37. The van der Waals surface area contributed by atoms with Gasteiger partial charge in [-0.05, 0) is 49.2 Å². The first-order valence-corrected chi connectivity index (χ1v) is 9.89. The maximum atomic E-state index is 14.1. The van der Waals surface area contributed by atoms with E-state index >= 15 is 0 Å². The maximum absolute atomic E-state index is 14.1. The van der Waals surface area contributed by atoms with E-state index in [0.29, 0.717) is 4.90 Å². The van der Waals surface area contributed by atoms with Gasteiger partial charge in [-0.25, -0.2) is 9.37 Å². The molecule has 1 aromatic carbocycles. The normalized spacial score (nSPS) is 12.4. The van der Waals surface area contributed by atoms with Gasteiger partial charge >= 0.3 is 0 Å². The van der Waals surface area contributed by atoms with Crippen LogP contribution < -0.4 is 4.31 Å².